The van der Waals surface area contributed by atoms with Crippen LogP contribution in [-0.2, 0) is 4.74 Å². The third kappa shape index (κ3) is 2.14. The molecular formula is C14H24NO. The second kappa shape index (κ2) is 4.66. The highest BCUT2D eigenvalue weighted by molar-refractivity contribution is 5.11. The molecule has 4 atom stereocenters. The number of rotatable bonds is 2. The van der Waals surface area contributed by atoms with E-state index in [1.165, 1.54) is 38.5 Å². The molecule has 1 aliphatic heterocycles. The van der Waals surface area contributed by atoms with Gasteiger partial charge in [-0.15, -0.1) is 0 Å². The lowest BCUT2D eigenvalue weighted by Crippen LogP contribution is -2.45. The van der Waals surface area contributed by atoms with Gasteiger partial charge >= 0.3 is 0 Å². The van der Waals surface area contributed by atoms with Gasteiger partial charge in [-0.05, 0) is 49.9 Å². The Morgan fingerprint density at radius 1 is 1.31 bits per heavy atom. The fourth-order valence-corrected chi connectivity index (χ4v) is 3.84. The van der Waals surface area contributed by atoms with Gasteiger partial charge in [0.2, 0.25) is 0 Å². The first-order valence-corrected chi connectivity index (χ1v) is 7.01. The Hall–Kier alpha value is -0.0800. The fourth-order valence-electron chi connectivity index (χ4n) is 3.84. The van der Waals surface area contributed by atoms with Gasteiger partial charge < -0.3 is 10.1 Å². The first-order valence-electron chi connectivity index (χ1n) is 7.01. The molecule has 0 spiro atoms. The molecule has 0 aromatic rings. The first-order chi connectivity index (χ1) is 7.83. The van der Waals surface area contributed by atoms with Crippen molar-refractivity contribution in [3.05, 3.63) is 5.92 Å². The molecule has 3 aliphatic rings. The van der Waals surface area contributed by atoms with Crippen LogP contribution in [0, 0.1) is 17.8 Å². The zero-order chi connectivity index (χ0) is 11.0. The maximum Gasteiger partial charge on any atom is 0.0506 e. The van der Waals surface area contributed by atoms with Gasteiger partial charge in [0, 0.05) is 18.7 Å². The lowest BCUT2D eigenvalue weighted by Gasteiger charge is -2.32. The summed E-state index contributed by atoms with van der Waals surface area (Å²) in [5.74, 6) is 3.55. The van der Waals surface area contributed by atoms with Crippen LogP contribution in [0.4, 0.5) is 0 Å². The van der Waals surface area contributed by atoms with Crippen molar-refractivity contribution in [3.63, 3.8) is 0 Å². The van der Waals surface area contributed by atoms with Gasteiger partial charge in [-0.2, -0.15) is 0 Å². The molecular weight excluding hydrogens is 198 g/mol. The molecule has 16 heavy (non-hydrogen) atoms. The number of hydrogen-bond donors (Lipinski definition) is 1. The van der Waals surface area contributed by atoms with Crippen molar-refractivity contribution in [1.82, 2.24) is 5.32 Å². The zero-order valence-electron chi connectivity index (χ0n) is 10.4. The minimum absolute atomic E-state index is 0.694. The zero-order valence-corrected chi connectivity index (χ0v) is 10.4. The fraction of sp³-hybridized carbons (Fsp3) is 0.929. The van der Waals surface area contributed by atoms with E-state index in [9.17, 15) is 0 Å². The second-order valence-corrected chi connectivity index (χ2v) is 6.00. The molecule has 1 heterocycles. The summed E-state index contributed by atoms with van der Waals surface area (Å²) in [6, 6.07) is 1.49. The summed E-state index contributed by atoms with van der Waals surface area (Å²) < 4.78 is 5.51. The molecule has 0 aromatic heterocycles. The van der Waals surface area contributed by atoms with Crippen LogP contribution in [0.2, 0.25) is 0 Å². The number of nitrogens with one attached hydrogen (secondary N) is 1. The van der Waals surface area contributed by atoms with Crippen LogP contribution >= 0.6 is 0 Å². The summed E-state index contributed by atoms with van der Waals surface area (Å²) in [6.07, 6.45) is 8.34. The Labute approximate surface area is 99.1 Å². The SMILES string of the molecule is C[C@H]1COCC[C@H]1N[C@@H]1C[C]2CCC[C@@H]2C1. The van der Waals surface area contributed by atoms with Crippen molar-refractivity contribution in [2.24, 2.45) is 11.8 Å². The van der Waals surface area contributed by atoms with Crippen molar-refractivity contribution in [3.8, 4) is 0 Å². The molecule has 0 bridgehead atoms. The lowest BCUT2D eigenvalue weighted by molar-refractivity contribution is 0.0358. The van der Waals surface area contributed by atoms with Crippen LogP contribution in [0.1, 0.15) is 45.4 Å². The van der Waals surface area contributed by atoms with Crippen LogP contribution in [0.3, 0.4) is 0 Å². The van der Waals surface area contributed by atoms with Crippen molar-refractivity contribution in [2.45, 2.75) is 57.5 Å². The molecule has 2 saturated carbocycles. The minimum atomic E-state index is 0.694. The van der Waals surface area contributed by atoms with Gasteiger partial charge in [0.15, 0.2) is 0 Å². The third-order valence-corrected chi connectivity index (χ3v) is 4.80. The molecule has 0 aromatic carbocycles. The lowest BCUT2D eigenvalue weighted by atomic mass is 9.96. The Bertz CT molecular complexity index is 231. The van der Waals surface area contributed by atoms with E-state index in [-0.39, 0.29) is 0 Å². The third-order valence-electron chi connectivity index (χ3n) is 4.80. The van der Waals surface area contributed by atoms with E-state index in [2.05, 4.69) is 12.2 Å². The molecule has 0 unspecified atom stereocenters. The first kappa shape index (κ1) is 11.0. The highest BCUT2D eigenvalue weighted by Crippen LogP contribution is 2.45. The highest BCUT2D eigenvalue weighted by atomic mass is 16.5. The van der Waals surface area contributed by atoms with E-state index in [0.29, 0.717) is 12.0 Å². The van der Waals surface area contributed by atoms with Crippen molar-refractivity contribution in [1.29, 1.82) is 0 Å². The van der Waals surface area contributed by atoms with Gasteiger partial charge in [0.25, 0.3) is 0 Å². The maximum absolute atomic E-state index is 5.51. The molecule has 1 N–H and O–H groups in total. The highest BCUT2D eigenvalue weighted by Gasteiger charge is 2.38. The van der Waals surface area contributed by atoms with Gasteiger partial charge in [0.05, 0.1) is 6.61 Å². The average molecular weight is 222 g/mol. The van der Waals surface area contributed by atoms with Gasteiger partial charge in [-0.3, -0.25) is 0 Å². The molecule has 0 amide bonds. The summed E-state index contributed by atoms with van der Waals surface area (Å²) in [7, 11) is 0. The molecule has 91 valence electrons. The number of fused-ring (bicyclic) bond motifs is 1. The summed E-state index contributed by atoms with van der Waals surface area (Å²) in [4.78, 5) is 0. The summed E-state index contributed by atoms with van der Waals surface area (Å²) in [6.45, 7) is 4.22. The smallest absolute Gasteiger partial charge is 0.0506 e. The monoisotopic (exact) mass is 222 g/mol. The minimum Gasteiger partial charge on any atom is -0.381 e. The maximum atomic E-state index is 5.51. The van der Waals surface area contributed by atoms with Gasteiger partial charge in [-0.1, -0.05) is 13.3 Å². The van der Waals surface area contributed by atoms with E-state index in [4.69, 9.17) is 4.74 Å². The Morgan fingerprint density at radius 2 is 2.25 bits per heavy atom. The summed E-state index contributed by atoms with van der Waals surface area (Å²) in [5, 5.41) is 3.90. The molecule has 2 heteroatoms. The largest absolute Gasteiger partial charge is 0.381 e. The van der Waals surface area contributed by atoms with Crippen LogP contribution in [-0.4, -0.2) is 25.3 Å². The van der Waals surface area contributed by atoms with E-state index in [1.54, 1.807) is 0 Å². The number of hydrogen-bond acceptors (Lipinski definition) is 2. The molecule has 2 aliphatic carbocycles. The van der Waals surface area contributed by atoms with Crippen LogP contribution in [0.25, 0.3) is 0 Å². The summed E-state index contributed by atoms with van der Waals surface area (Å²) in [5.41, 5.74) is 0. The molecule has 3 fully saturated rings. The van der Waals surface area contributed by atoms with Gasteiger partial charge in [-0.25, -0.2) is 0 Å². The molecule has 2 nitrogen and oxygen atoms in total. The second-order valence-electron chi connectivity index (χ2n) is 6.00. The molecule has 1 radical (unpaired) electrons. The van der Waals surface area contributed by atoms with E-state index >= 15 is 0 Å². The Balaban J connectivity index is 1.51. The van der Waals surface area contributed by atoms with Crippen LogP contribution < -0.4 is 5.32 Å². The topological polar surface area (TPSA) is 21.3 Å². The molecule has 1 saturated heterocycles. The van der Waals surface area contributed by atoms with E-state index in [0.717, 1.165) is 25.2 Å². The quantitative estimate of drug-likeness (QED) is 0.775. The standard InChI is InChI=1S/C14H24NO/c1-10-9-16-6-5-14(10)15-13-7-11-3-2-4-12(11)8-13/h10-11,13-15H,2-9H2,1H3/t10-,11+,13-,14+/m0/s1. The molecule has 3 rings (SSSR count). The normalized spacial score (nSPS) is 44.8. The average Bonchev–Trinajstić information content (AvgIpc) is 2.81. The van der Waals surface area contributed by atoms with Crippen molar-refractivity contribution >= 4 is 0 Å². The predicted octanol–water partition coefficient (Wildman–Crippen LogP) is 2.54. The predicted molar refractivity (Wildman–Crippen MR) is 65.1 cm³/mol. The van der Waals surface area contributed by atoms with Crippen LogP contribution in [0.15, 0.2) is 0 Å². The summed E-state index contributed by atoms with van der Waals surface area (Å²) >= 11 is 0. The van der Waals surface area contributed by atoms with Crippen LogP contribution in [0.5, 0.6) is 0 Å². The van der Waals surface area contributed by atoms with Gasteiger partial charge in [0.1, 0.15) is 0 Å². The van der Waals surface area contributed by atoms with E-state index < -0.39 is 0 Å². The Morgan fingerprint density at radius 3 is 3.06 bits per heavy atom. The number of ether oxygens (including phenoxy) is 1. The van der Waals surface area contributed by atoms with E-state index in [1.807, 2.05) is 5.92 Å². The Kier molecular flexibility index (Phi) is 3.21. The van der Waals surface area contributed by atoms with Crippen molar-refractivity contribution in [2.75, 3.05) is 13.2 Å². The van der Waals surface area contributed by atoms with Crippen molar-refractivity contribution < 1.29 is 4.74 Å².